The smallest absolute Gasteiger partial charge is 0.329 e. The number of nitrogens with one attached hydrogen (secondary N) is 1. The number of carboxylic acid groups (broad SMARTS) is 1. The summed E-state index contributed by atoms with van der Waals surface area (Å²) >= 11 is 0. The van der Waals surface area contributed by atoms with E-state index in [1.54, 1.807) is 0 Å². The van der Waals surface area contributed by atoms with Gasteiger partial charge in [-0.15, -0.1) is 0 Å². The number of aliphatic carboxylic acids is 1. The number of sulfonamides is 1. The minimum Gasteiger partial charge on any atom is -0.480 e. The Hall–Kier alpha value is -1.15. The molecule has 1 rings (SSSR count). The van der Waals surface area contributed by atoms with E-state index >= 15 is 0 Å². The molecule has 1 amide bonds. The van der Waals surface area contributed by atoms with E-state index in [1.165, 1.54) is 6.92 Å². The van der Waals surface area contributed by atoms with Crippen molar-refractivity contribution in [1.82, 2.24) is 9.62 Å². The van der Waals surface area contributed by atoms with Crippen LogP contribution in [0, 0.1) is 0 Å². The van der Waals surface area contributed by atoms with Gasteiger partial charge >= 0.3 is 5.97 Å². The first-order valence-electron chi connectivity index (χ1n) is 6.23. The molecule has 1 heterocycles. The normalized spacial score (nSPS) is 21.8. The number of carboxylic acids is 1. The van der Waals surface area contributed by atoms with Crippen molar-refractivity contribution in [2.75, 3.05) is 18.8 Å². The molecule has 7 nitrogen and oxygen atoms in total. The first-order valence-corrected chi connectivity index (χ1v) is 7.84. The quantitative estimate of drug-likeness (QED) is 0.704. The van der Waals surface area contributed by atoms with Crippen molar-refractivity contribution >= 4 is 21.9 Å². The predicted octanol–water partition coefficient (Wildman–Crippen LogP) is -0.218. The average Bonchev–Trinajstić information content (AvgIpc) is 2.58. The Bertz CT molecular complexity index is 462. The van der Waals surface area contributed by atoms with Gasteiger partial charge < -0.3 is 10.4 Å². The van der Waals surface area contributed by atoms with Gasteiger partial charge in [0.2, 0.25) is 15.9 Å². The Kier molecular flexibility index (Phi) is 4.92. The van der Waals surface area contributed by atoms with E-state index in [-0.39, 0.29) is 12.3 Å². The van der Waals surface area contributed by atoms with E-state index in [2.05, 4.69) is 5.32 Å². The number of amides is 1. The van der Waals surface area contributed by atoms with Crippen molar-refractivity contribution in [1.29, 1.82) is 0 Å². The molecule has 0 aromatic heterocycles. The molecule has 1 fully saturated rings. The molecular formula is C11H20N2O5S. The molecule has 0 radical (unpaired) electrons. The SMILES string of the molecule is CCCC(C)(NC(=O)CN1CCCS1(=O)=O)C(=O)O. The molecule has 2 N–H and O–H groups in total. The van der Waals surface area contributed by atoms with Crippen LogP contribution >= 0.6 is 0 Å². The van der Waals surface area contributed by atoms with Gasteiger partial charge in [-0.25, -0.2) is 13.2 Å². The van der Waals surface area contributed by atoms with Crippen molar-refractivity contribution in [3.8, 4) is 0 Å². The summed E-state index contributed by atoms with van der Waals surface area (Å²) in [5, 5.41) is 11.5. The fourth-order valence-corrected chi connectivity index (χ4v) is 3.57. The molecule has 1 unspecified atom stereocenters. The largest absolute Gasteiger partial charge is 0.480 e. The Balaban J connectivity index is 2.66. The third kappa shape index (κ3) is 3.90. The number of carbonyl (C=O) groups is 2. The number of carbonyl (C=O) groups excluding carboxylic acids is 1. The van der Waals surface area contributed by atoms with Crippen LogP contribution in [-0.4, -0.2) is 54.1 Å². The number of hydrogen-bond acceptors (Lipinski definition) is 4. The molecule has 1 atom stereocenters. The highest BCUT2D eigenvalue weighted by molar-refractivity contribution is 7.89. The molecule has 0 saturated carbocycles. The maximum atomic E-state index is 11.8. The van der Waals surface area contributed by atoms with Gasteiger partial charge in [0.25, 0.3) is 0 Å². The van der Waals surface area contributed by atoms with E-state index < -0.39 is 27.4 Å². The zero-order valence-electron chi connectivity index (χ0n) is 11.2. The predicted molar refractivity (Wildman–Crippen MR) is 69.1 cm³/mol. The second kappa shape index (κ2) is 5.87. The van der Waals surface area contributed by atoms with Gasteiger partial charge in [0, 0.05) is 6.54 Å². The Morgan fingerprint density at radius 3 is 2.47 bits per heavy atom. The monoisotopic (exact) mass is 292 g/mol. The highest BCUT2D eigenvalue weighted by Gasteiger charge is 2.36. The van der Waals surface area contributed by atoms with Crippen LogP contribution in [0.1, 0.15) is 33.1 Å². The van der Waals surface area contributed by atoms with Gasteiger partial charge in [-0.1, -0.05) is 13.3 Å². The average molecular weight is 292 g/mol. The molecule has 19 heavy (non-hydrogen) atoms. The standard InChI is InChI=1S/C11H20N2O5S/c1-3-5-11(2,10(15)16)12-9(14)8-13-6-4-7-19(13,17)18/h3-8H2,1-2H3,(H,12,14)(H,15,16). The lowest BCUT2D eigenvalue weighted by molar-refractivity contribution is -0.147. The maximum Gasteiger partial charge on any atom is 0.329 e. The lowest BCUT2D eigenvalue weighted by Crippen LogP contribution is -2.54. The summed E-state index contributed by atoms with van der Waals surface area (Å²) in [6, 6.07) is 0. The van der Waals surface area contributed by atoms with Crippen molar-refractivity contribution in [3.05, 3.63) is 0 Å². The topological polar surface area (TPSA) is 104 Å². The molecule has 0 aromatic carbocycles. The first-order chi connectivity index (χ1) is 8.71. The number of rotatable bonds is 6. The van der Waals surface area contributed by atoms with Crippen LogP contribution in [0.25, 0.3) is 0 Å². The Morgan fingerprint density at radius 1 is 1.42 bits per heavy atom. The lowest BCUT2D eigenvalue weighted by atomic mass is 9.96. The Labute approximate surface area is 113 Å². The molecule has 0 aromatic rings. The van der Waals surface area contributed by atoms with Crippen LogP contribution in [-0.2, 0) is 19.6 Å². The summed E-state index contributed by atoms with van der Waals surface area (Å²) < 4.78 is 24.2. The van der Waals surface area contributed by atoms with Crippen molar-refractivity contribution < 1.29 is 23.1 Å². The molecule has 0 bridgehead atoms. The van der Waals surface area contributed by atoms with Crippen LogP contribution in [0.2, 0.25) is 0 Å². The Morgan fingerprint density at radius 2 is 2.05 bits per heavy atom. The summed E-state index contributed by atoms with van der Waals surface area (Å²) in [6.45, 7) is 3.25. The van der Waals surface area contributed by atoms with E-state index in [0.717, 1.165) is 4.31 Å². The van der Waals surface area contributed by atoms with Gasteiger partial charge in [0.1, 0.15) is 5.54 Å². The molecule has 110 valence electrons. The summed E-state index contributed by atoms with van der Waals surface area (Å²) in [6.07, 6.45) is 1.40. The summed E-state index contributed by atoms with van der Waals surface area (Å²) in [5.74, 6) is -1.65. The minimum absolute atomic E-state index is 0.0471. The van der Waals surface area contributed by atoms with Gasteiger partial charge in [-0.2, -0.15) is 4.31 Å². The zero-order valence-corrected chi connectivity index (χ0v) is 12.0. The molecular weight excluding hydrogens is 272 g/mol. The summed E-state index contributed by atoms with van der Waals surface area (Å²) in [5.41, 5.74) is -1.35. The number of nitrogens with zero attached hydrogens (tertiary/aromatic N) is 1. The van der Waals surface area contributed by atoms with E-state index in [0.29, 0.717) is 25.8 Å². The van der Waals surface area contributed by atoms with Crippen LogP contribution < -0.4 is 5.32 Å². The van der Waals surface area contributed by atoms with Crippen LogP contribution in [0.4, 0.5) is 0 Å². The van der Waals surface area contributed by atoms with E-state index in [4.69, 9.17) is 5.11 Å². The van der Waals surface area contributed by atoms with Gasteiger partial charge in [-0.3, -0.25) is 4.79 Å². The van der Waals surface area contributed by atoms with Crippen LogP contribution in [0.5, 0.6) is 0 Å². The second-order valence-corrected chi connectivity index (χ2v) is 7.03. The van der Waals surface area contributed by atoms with E-state index in [9.17, 15) is 18.0 Å². The fourth-order valence-electron chi connectivity index (χ4n) is 2.10. The van der Waals surface area contributed by atoms with Crippen LogP contribution in [0.3, 0.4) is 0 Å². The molecule has 0 spiro atoms. The highest BCUT2D eigenvalue weighted by Crippen LogP contribution is 2.15. The van der Waals surface area contributed by atoms with Gasteiger partial charge in [-0.05, 0) is 19.8 Å². The molecule has 0 aliphatic carbocycles. The molecule has 1 saturated heterocycles. The summed E-state index contributed by atoms with van der Waals surface area (Å²) in [7, 11) is -3.35. The second-order valence-electron chi connectivity index (χ2n) is 4.94. The lowest BCUT2D eigenvalue weighted by Gasteiger charge is -2.26. The maximum absolute atomic E-state index is 11.8. The molecule has 1 aliphatic rings. The number of hydrogen-bond donors (Lipinski definition) is 2. The van der Waals surface area contributed by atoms with Gasteiger partial charge in [0.05, 0.1) is 12.3 Å². The third-order valence-electron chi connectivity index (χ3n) is 3.16. The summed E-state index contributed by atoms with van der Waals surface area (Å²) in [4.78, 5) is 23.0. The van der Waals surface area contributed by atoms with E-state index in [1.807, 2.05) is 6.92 Å². The minimum atomic E-state index is -3.35. The fraction of sp³-hybridized carbons (Fsp3) is 0.818. The molecule has 8 heteroatoms. The van der Waals surface area contributed by atoms with Crippen LogP contribution in [0.15, 0.2) is 0 Å². The third-order valence-corrected chi connectivity index (χ3v) is 5.06. The van der Waals surface area contributed by atoms with Crippen molar-refractivity contribution in [2.45, 2.75) is 38.6 Å². The zero-order chi connectivity index (χ0) is 14.7. The van der Waals surface area contributed by atoms with Gasteiger partial charge in [0.15, 0.2) is 0 Å². The highest BCUT2D eigenvalue weighted by atomic mass is 32.2. The van der Waals surface area contributed by atoms with Crippen molar-refractivity contribution in [2.24, 2.45) is 0 Å². The van der Waals surface area contributed by atoms with Crippen molar-refractivity contribution in [3.63, 3.8) is 0 Å². The molecule has 1 aliphatic heterocycles. The first kappa shape index (κ1) is 15.9.